The third-order valence-corrected chi connectivity index (χ3v) is 4.45. The molecule has 0 saturated carbocycles. The molecule has 1 rings (SSSR count). The Morgan fingerprint density at radius 3 is 1.97 bits per heavy atom. The molecule has 0 unspecified atom stereocenters. The van der Waals surface area contributed by atoms with Gasteiger partial charge in [0.05, 0.1) is 0 Å². The van der Waals surface area contributed by atoms with Gasteiger partial charge < -0.3 is 28.4 Å². The number of hydrogen-bond donors (Lipinski definition) is 0. The van der Waals surface area contributed by atoms with Gasteiger partial charge in [0.15, 0.2) is 24.6 Å². The number of nitrogens with zero attached hydrogens (tertiary/aromatic N) is 3. The van der Waals surface area contributed by atoms with Crippen LogP contribution < -0.4 is 0 Å². The van der Waals surface area contributed by atoms with Gasteiger partial charge in [0.2, 0.25) is 0 Å². The van der Waals surface area contributed by atoms with E-state index in [1.807, 2.05) is 0 Å². The SMILES string of the molecule is CC(=O)OC[C@H]1O[C@@H](OCCCCCCN=[N+]=[N-])[C@H](OC(C)=O)[C@@H](OC(C)=O)[C@H]1OC(C)=O. The van der Waals surface area contributed by atoms with E-state index in [-0.39, 0.29) is 13.2 Å². The molecule has 0 aromatic rings. The average Bonchev–Trinajstić information content (AvgIpc) is 2.71. The molecule has 13 nitrogen and oxygen atoms in total. The van der Waals surface area contributed by atoms with Gasteiger partial charge in [0.25, 0.3) is 0 Å². The molecule has 0 radical (unpaired) electrons. The van der Waals surface area contributed by atoms with Crippen molar-refractivity contribution in [2.45, 2.75) is 84.1 Å². The second kappa shape index (κ2) is 15.0. The van der Waals surface area contributed by atoms with Crippen LogP contribution in [0.5, 0.6) is 0 Å². The van der Waals surface area contributed by atoms with Crippen LogP contribution in [-0.2, 0) is 47.6 Å². The molecular weight excluding hydrogens is 442 g/mol. The molecule has 5 atom stereocenters. The van der Waals surface area contributed by atoms with Gasteiger partial charge in [-0.25, -0.2) is 0 Å². The maximum absolute atomic E-state index is 11.8. The van der Waals surface area contributed by atoms with Gasteiger partial charge in [0, 0.05) is 45.8 Å². The Bertz CT molecular complexity index is 725. The van der Waals surface area contributed by atoms with E-state index in [9.17, 15) is 19.2 Å². The van der Waals surface area contributed by atoms with Gasteiger partial charge in [-0.05, 0) is 18.4 Å². The molecular formula is C20H31N3O10. The Hall–Kier alpha value is -2.89. The van der Waals surface area contributed by atoms with Crippen LogP contribution in [0.1, 0.15) is 53.4 Å². The van der Waals surface area contributed by atoms with Gasteiger partial charge in [-0.3, -0.25) is 19.2 Å². The highest BCUT2D eigenvalue weighted by Crippen LogP contribution is 2.30. The van der Waals surface area contributed by atoms with E-state index in [1.165, 1.54) is 6.92 Å². The molecule has 0 aliphatic carbocycles. The van der Waals surface area contributed by atoms with Crippen molar-refractivity contribution in [3.63, 3.8) is 0 Å². The highest BCUT2D eigenvalue weighted by atomic mass is 16.7. The number of hydrogen-bond acceptors (Lipinski definition) is 11. The van der Waals surface area contributed by atoms with Crippen molar-refractivity contribution in [2.75, 3.05) is 19.8 Å². The van der Waals surface area contributed by atoms with Crippen molar-refractivity contribution in [2.24, 2.45) is 5.11 Å². The first-order valence-corrected chi connectivity index (χ1v) is 10.6. The monoisotopic (exact) mass is 473 g/mol. The summed E-state index contributed by atoms with van der Waals surface area (Å²) in [4.78, 5) is 49.2. The Morgan fingerprint density at radius 1 is 0.818 bits per heavy atom. The summed E-state index contributed by atoms with van der Waals surface area (Å²) in [5, 5.41) is 3.47. The number of ether oxygens (including phenoxy) is 6. The Kier molecular flexibility index (Phi) is 12.8. The van der Waals surface area contributed by atoms with E-state index < -0.39 is 54.6 Å². The van der Waals surface area contributed by atoms with E-state index in [1.54, 1.807) is 0 Å². The van der Waals surface area contributed by atoms with Crippen LogP contribution in [0.15, 0.2) is 5.11 Å². The van der Waals surface area contributed by atoms with Gasteiger partial charge in [-0.1, -0.05) is 18.0 Å². The first kappa shape index (κ1) is 28.1. The van der Waals surface area contributed by atoms with Crippen LogP contribution in [0.4, 0.5) is 0 Å². The van der Waals surface area contributed by atoms with Gasteiger partial charge in [-0.15, -0.1) is 0 Å². The zero-order valence-electron chi connectivity index (χ0n) is 19.3. The van der Waals surface area contributed by atoms with E-state index in [0.717, 1.165) is 40.0 Å². The number of carbonyl (C=O) groups excluding carboxylic acids is 4. The number of azide groups is 1. The zero-order chi connectivity index (χ0) is 24.8. The molecule has 0 amide bonds. The molecule has 0 aromatic carbocycles. The average molecular weight is 473 g/mol. The van der Waals surface area contributed by atoms with E-state index in [0.29, 0.717) is 13.0 Å². The molecule has 186 valence electrons. The summed E-state index contributed by atoms with van der Waals surface area (Å²) in [5.74, 6) is -2.69. The molecule has 13 heteroatoms. The molecule has 0 aromatic heterocycles. The predicted octanol–water partition coefficient (Wildman–Crippen LogP) is 1.96. The summed E-state index contributed by atoms with van der Waals surface area (Å²) in [6.45, 7) is 4.99. The van der Waals surface area contributed by atoms with Crippen molar-refractivity contribution < 1.29 is 47.6 Å². The molecule has 1 heterocycles. The minimum absolute atomic E-state index is 0.218. The highest BCUT2D eigenvalue weighted by Gasteiger charge is 2.52. The Balaban J connectivity index is 2.98. The number of unbranched alkanes of at least 4 members (excludes halogenated alkanes) is 3. The fourth-order valence-electron chi connectivity index (χ4n) is 3.21. The van der Waals surface area contributed by atoms with E-state index in [4.69, 9.17) is 34.0 Å². The minimum atomic E-state index is -1.25. The summed E-state index contributed by atoms with van der Waals surface area (Å²) in [7, 11) is 0. The first-order chi connectivity index (χ1) is 15.6. The van der Waals surface area contributed by atoms with Crippen LogP contribution >= 0.6 is 0 Å². The third-order valence-electron chi connectivity index (χ3n) is 4.45. The van der Waals surface area contributed by atoms with Crippen LogP contribution in [0.2, 0.25) is 0 Å². The third kappa shape index (κ3) is 11.0. The molecule has 33 heavy (non-hydrogen) atoms. The lowest BCUT2D eigenvalue weighted by molar-refractivity contribution is -0.308. The quantitative estimate of drug-likeness (QED) is 0.0960. The van der Waals surface area contributed by atoms with Crippen LogP contribution in [-0.4, -0.2) is 74.3 Å². The summed E-state index contributed by atoms with van der Waals surface area (Å²) in [6.07, 6.45) is -2.93. The Labute approximate surface area is 191 Å². The van der Waals surface area contributed by atoms with Gasteiger partial charge in [-0.2, -0.15) is 0 Å². The standard InChI is InChI=1S/C20H31N3O10/c1-12(24)29-11-16-17(30-13(2)25)18(31-14(3)26)19(32-15(4)27)20(33-16)28-10-8-6-5-7-9-22-23-21/h16-20H,5-11H2,1-4H3/t16-,17+,18+,19-,20-/m1/s1. The van der Waals surface area contributed by atoms with E-state index >= 15 is 0 Å². The zero-order valence-corrected chi connectivity index (χ0v) is 19.3. The first-order valence-electron chi connectivity index (χ1n) is 10.6. The molecule has 1 aliphatic heterocycles. The molecule has 0 spiro atoms. The highest BCUT2D eigenvalue weighted by molar-refractivity contribution is 5.68. The van der Waals surface area contributed by atoms with Crippen molar-refractivity contribution in [1.82, 2.24) is 0 Å². The van der Waals surface area contributed by atoms with Gasteiger partial charge in [0.1, 0.15) is 12.7 Å². The maximum Gasteiger partial charge on any atom is 0.303 e. The number of esters is 4. The summed E-state index contributed by atoms with van der Waals surface area (Å²) >= 11 is 0. The molecule has 1 saturated heterocycles. The Morgan fingerprint density at radius 2 is 1.39 bits per heavy atom. The van der Waals surface area contributed by atoms with Crippen LogP contribution in [0.3, 0.4) is 0 Å². The van der Waals surface area contributed by atoms with Crippen molar-refractivity contribution in [3.05, 3.63) is 10.4 Å². The fourth-order valence-corrected chi connectivity index (χ4v) is 3.21. The fraction of sp³-hybridized carbons (Fsp3) is 0.800. The van der Waals surface area contributed by atoms with Crippen molar-refractivity contribution in [3.8, 4) is 0 Å². The van der Waals surface area contributed by atoms with Crippen molar-refractivity contribution >= 4 is 23.9 Å². The second-order valence-corrected chi connectivity index (χ2v) is 7.31. The molecule has 1 aliphatic rings. The normalized spacial score (nSPS) is 24.2. The van der Waals surface area contributed by atoms with Crippen molar-refractivity contribution in [1.29, 1.82) is 0 Å². The number of rotatable bonds is 13. The van der Waals surface area contributed by atoms with Gasteiger partial charge >= 0.3 is 23.9 Å². The summed E-state index contributed by atoms with van der Waals surface area (Å²) in [5.41, 5.74) is 8.27. The largest absolute Gasteiger partial charge is 0.463 e. The predicted molar refractivity (Wildman–Crippen MR) is 110 cm³/mol. The minimum Gasteiger partial charge on any atom is -0.463 e. The number of carbonyl (C=O) groups is 4. The van der Waals surface area contributed by atoms with E-state index in [2.05, 4.69) is 10.0 Å². The van der Waals surface area contributed by atoms with Crippen LogP contribution in [0.25, 0.3) is 10.4 Å². The summed E-state index contributed by atoms with van der Waals surface area (Å²) in [6, 6.07) is 0. The molecule has 1 fully saturated rings. The molecule has 0 bridgehead atoms. The maximum atomic E-state index is 11.8. The summed E-state index contributed by atoms with van der Waals surface area (Å²) < 4.78 is 32.5. The van der Waals surface area contributed by atoms with Crippen LogP contribution in [0, 0.1) is 0 Å². The molecule has 0 N–H and O–H groups in total. The lowest BCUT2D eigenvalue weighted by Crippen LogP contribution is -2.63. The lowest BCUT2D eigenvalue weighted by Gasteiger charge is -2.44. The lowest BCUT2D eigenvalue weighted by atomic mass is 9.98. The smallest absolute Gasteiger partial charge is 0.303 e. The second-order valence-electron chi connectivity index (χ2n) is 7.31. The topological polar surface area (TPSA) is 172 Å².